The van der Waals surface area contributed by atoms with E-state index in [0.717, 1.165) is 28.6 Å². The topological polar surface area (TPSA) is 61.4 Å². The van der Waals surface area contributed by atoms with Crippen molar-refractivity contribution in [3.8, 4) is 0 Å². The van der Waals surface area contributed by atoms with Crippen LogP contribution in [0, 0.1) is 0 Å². The van der Waals surface area contributed by atoms with Crippen LogP contribution in [0.3, 0.4) is 0 Å². The molecule has 2 amide bonds. The van der Waals surface area contributed by atoms with Gasteiger partial charge in [0.2, 0.25) is 5.91 Å². The van der Waals surface area contributed by atoms with Gasteiger partial charge in [0.1, 0.15) is 5.66 Å². The predicted octanol–water partition coefficient (Wildman–Crippen LogP) is 3.65. The fourth-order valence-corrected chi connectivity index (χ4v) is 4.90. The van der Waals surface area contributed by atoms with Gasteiger partial charge in [-0.15, -0.1) is 0 Å². The number of nitrogens with one attached hydrogen (secondary N) is 2. The number of nitrogens with zero attached hydrogens (tertiary/aromatic N) is 1. The minimum atomic E-state index is -0.474. The van der Waals surface area contributed by atoms with E-state index in [2.05, 4.69) is 38.7 Å². The first-order valence-electron chi connectivity index (χ1n) is 9.77. The number of carbonyl (C=O) groups excluding carboxylic acids is 2. The van der Waals surface area contributed by atoms with Gasteiger partial charge in [-0.25, -0.2) is 0 Å². The van der Waals surface area contributed by atoms with Crippen molar-refractivity contribution in [1.29, 1.82) is 0 Å². The molecule has 2 N–H and O–H groups in total. The Bertz CT molecular complexity index is 948. The van der Waals surface area contributed by atoms with Crippen molar-refractivity contribution in [3.05, 3.63) is 64.1 Å². The summed E-state index contributed by atoms with van der Waals surface area (Å²) in [5, 5.41) is 6.68. The fraction of sp³-hybridized carbons (Fsp3) is 0.364. The molecular formula is C22H22BrN3O2. The molecule has 2 heterocycles. The predicted molar refractivity (Wildman–Crippen MR) is 111 cm³/mol. The number of halogens is 1. The lowest BCUT2D eigenvalue weighted by atomic mass is 9.89. The first-order valence-corrected chi connectivity index (χ1v) is 10.6. The standard InChI is InChI=1S/C22H22BrN3O2/c23-16-6-7-18-17(14-16)19(27)25-22(24-18)10-12-26(13-11-22)20(28)21(8-9-21)15-4-2-1-3-5-15/h1-7,14,24H,8-13H2,(H,25,27). The van der Waals surface area contributed by atoms with Gasteiger partial charge in [0, 0.05) is 36.1 Å². The second-order valence-electron chi connectivity index (χ2n) is 8.09. The number of hydrogen-bond donors (Lipinski definition) is 2. The monoisotopic (exact) mass is 439 g/mol. The Labute approximate surface area is 172 Å². The van der Waals surface area contributed by atoms with Crippen LogP contribution in [0.2, 0.25) is 0 Å². The van der Waals surface area contributed by atoms with E-state index in [-0.39, 0.29) is 17.2 Å². The molecule has 1 spiro atoms. The highest BCUT2D eigenvalue weighted by atomic mass is 79.9. The molecule has 2 aromatic rings. The van der Waals surface area contributed by atoms with Crippen molar-refractivity contribution in [3.63, 3.8) is 0 Å². The van der Waals surface area contributed by atoms with Crippen molar-refractivity contribution in [2.75, 3.05) is 18.4 Å². The van der Waals surface area contributed by atoms with Gasteiger partial charge < -0.3 is 15.5 Å². The number of rotatable bonds is 2. The number of hydrogen-bond acceptors (Lipinski definition) is 3. The van der Waals surface area contributed by atoms with Crippen molar-refractivity contribution >= 4 is 33.4 Å². The summed E-state index contributed by atoms with van der Waals surface area (Å²) in [5.74, 6) is 0.179. The number of fused-ring (bicyclic) bond motifs is 1. The van der Waals surface area contributed by atoms with Crippen LogP contribution in [-0.2, 0) is 10.2 Å². The summed E-state index contributed by atoms with van der Waals surface area (Å²) in [6.45, 7) is 1.29. The molecule has 0 bridgehead atoms. The van der Waals surface area contributed by atoms with Crippen LogP contribution in [0.25, 0.3) is 0 Å². The van der Waals surface area contributed by atoms with Crippen LogP contribution >= 0.6 is 15.9 Å². The zero-order valence-electron chi connectivity index (χ0n) is 15.5. The van der Waals surface area contributed by atoms with Crippen LogP contribution in [0.1, 0.15) is 41.6 Å². The molecule has 5 rings (SSSR count). The number of piperidine rings is 1. The maximum atomic E-state index is 13.3. The molecule has 1 saturated carbocycles. The van der Waals surface area contributed by atoms with Gasteiger partial charge >= 0.3 is 0 Å². The van der Waals surface area contributed by atoms with Crippen LogP contribution < -0.4 is 10.6 Å². The Morgan fingerprint density at radius 2 is 1.68 bits per heavy atom. The van der Waals surface area contributed by atoms with E-state index in [0.29, 0.717) is 31.5 Å². The van der Waals surface area contributed by atoms with Gasteiger partial charge in [0.15, 0.2) is 0 Å². The smallest absolute Gasteiger partial charge is 0.255 e. The molecule has 0 radical (unpaired) electrons. The Morgan fingerprint density at radius 1 is 0.964 bits per heavy atom. The molecule has 3 aliphatic rings. The summed E-state index contributed by atoms with van der Waals surface area (Å²) in [5.41, 5.74) is 1.84. The van der Waals surface area contributed by atoms with Crippen molar-refractivity contribution in [1.82, 2.24) is 10.2 Å². The van der Waals surface area contributed by atoms with Crippen molar-refractivity contribution in [2.24, 2.45) is 0 Å². The lowest BCUT2D eigenvalue weighted by molar-refractivity contribution is -0.135. The molecule has 1 saturated heterocycles. The van der Waals surface area contributed by atoms with E-state index in [1.54, 1.807) is 0 Å². The average molecular weight is 440 g/mol. The largest absolute Gasteiger partial charge is 0.362 e. The first kappa shape index (κ1) is 17.7. The van der Waals surface area contributed by atoms with Gasteiger partial charge in [-0.05, 0) is 36.6 Å². The quantitative estimate of drug-likeness (QED) is 0.750. The number of amides is 2. The average Bonchev–Trinajstić information content (AvgIpc) is 3.52. The molecule has 6 heteroatoms. The summed E-state index contributed by atoms with van der Waals surface area (Å²) in [7, 11) is 0. The zero-order chi connectivity index (χ0) is 19.4. The molecule has 1 aliphatic carbocycles. The number of anilines is 1. The molecule has 5 nitrogen and oxygen atoms in total. The SMILES string of the molecule is O=C1NC2(CCN(C(=O)C3(c4ccccc4)CC3)CC2)Nc2ccc(Br)cc21. The second kappa shape index (κ2) is 6.34. The van der Waals surface area contributed by atoms with Gasteiger partial charge in [-0.3, -0.25) is 9.59 Å². The fourth-order valence-electron chi connectivity index (χ4n) is 4.54. The molecule has 0 atom stereocenters. The molecule has 144 valence electrons. The molecular weight excluding hydrogens is 418 g/mol. The maximum Gasteiger partial charge on any atom is 0.255 e. The van der Waals surface area contributed by atoms with Gasteiger partial charge in [0.05, 0.1) is 11.0 Å². The van der Waals surface area contributed by atoms with Gasteiger partial charge in [-0.1, -0.05) is 46.3 Å². The summed E-state index contributed by atoms with van der Waals surface area (Å²) < 4.78 is 0.884. The van der Waals surface area contributed by atoms with E-state index < -0.39 is 5.66 Å². The highest BCUT2D eigenvalue weighted by Crippen LogP contribution is 2.50. The van der Waals surface area contributed by atoms with Crippen LogP contribution in [0.5, 0.6) is 0 Å². The van der Waals surface area contributed by atoms with Crippen LogP contribution in [0.15, 0.2) is 53.0 Å². The lowest BCUT2D eigenvalue weighted by Crippen LogP contribution is -2.63. The summed E-state index contributed by atoms with van der Waals surface area (Å²) >= 11 is 3.42. The highest BCUT2D eigenvalue weighted by molar-refractivity contribution is 9.10. The Hall–Kier alpha value is -2.34. The number of benzene rings is 2. The normalized spacial score (nSPS) is 21.5. The van der Waals surface area contributed by atoms with Gasteiger partial charge in [0.25, 0.3) is 5.91 Å². The molecule has 28 heavy (non-hydrogen) atoms. The van der Waals surface area contributed by atoms with E-state index in [4.69, 9.17) is 0 Å². The summed E-state index contributed by atoms with van der Waals surface area (Å²) in [6.07, 6.45) is 3.25. The minimum Gasteiger partial charge on any atom is -0.362 e. The molecule has 0 aromatic heterocycles. The third kappa shape index (κ3) is 2.82. The van der Waals surface area contributed by atoms with Crippen LogP contribution in [0.4, 0.5) is 5.69 Å². The summed E-state index contributed by atoms with van der Waals surface area (Å²) in [4.78, 5) is 27.9. The highest BCUT2D eigenvalue weighted by Gasteiger charge is 2.54. The molecule has 0 unspecified atom stereocenters. The second-order valence-corrected chi connectivity index (χ2v) is 9.01. The Kier molecular flexibility index (Phi) is 4.02. The number of carbonyl (C=O) groups is 2. The molecule has 2 aliphatic heterocycles. The van der Waals surface area contributed by atoms with E-state index in [1.807, 2.05) is 41.3 Å². The minimum absolute atomic E-state index is 0.0576. The third-order valence-corrected chi connectivity index (χ3v) is 6.84. The molecule has 2 aromatic carbocycles. The zero-order valence-corrected chi connectivity index (χ0v) is 17.1. The van der Waals surface area contributed by atoms with E-state index in [9.17, 15) is 9.59 Å². The first-order chi connectivity index (χ1) is 13.5. The lowest BCUT2D eigenvalue weighted by Gasteiger charge is -2.46. The van der Waals surface area contributed by atoms with Crippen molar-refractivity contribution in [2.45, 2.75) is 36.8 Å². The van der Waals surface area contributed by atoms with Gasteiger partial charge in [-0.2, -0.15) is 0 Å². The van der Waals surface area contributed by atoms with E-state index in [1.165, 1.54) is 0 Å². The maximum absolute atomic E-state index is 13.3. The molecule has 2 fully saturated rings. The van der Waals surface area contributed by atoms with Crippen LogP contribution in [-0.4, -0.2) is 35.5 Å². The Balaban J connectivity index is 1.31. The van der Waals surface area contributed by atoms with E-state index >= 15 is 0 Å². The summed E-state index contributed by atoms with van der Waals surface area (Å²) in [6, 6.07) is 15.8. The van der Waals surface area contributed by atoms with Crippen molar-refractivity contribution < 1.29 is 9.59 Å². The number of likely N-dealkylation sites (tertiary alicyclic amines) is 1. The third-order valence-electron chi connectivity index (χ3n) is 6.34. The Morgan fingerprint density at radius 3 is 2.36 bits per heavy atom.